The standard InChI is InChI=1S/C22H19.C21H17.2C2H5.2ClH.H2Si.Zr/c1-3-16-12-20-10-15(2)11-21(22(20)13-16)19-9-8-17-6-4-5-7-18(17)14-19;1-14-9-19-10-15(2)12-21(19)20(11-14)18-8-7-16-5-3-4-6-17(16)13-18;2*1-2;;;;/h4-14H,3H2,1-2H3;3-13H,1-2H3;2*1H2,2H3;2*1H;1H2;. The van der Waals surface area contributed by atoms with Crippen molar-refractivity contribution in [3.8, 4) is 22.3 Å². The van der Waals surface area contributed by atoms with E-state index in [1.807, 2.05) is 0 Å². The Hall–Kier alpha value is -3.00. The van der Waals surface area contributed by atoms with Gasteiger partial charge in [0.25, 0.3) is 0 Å². The molecular weight excluding hydrogens is 755 g/mol. The summed E-state index contributed by atoms with van der Waals surface area (Å²) in [7, 11) is 0. The molecule has 4 heteroatoms. The molecular formula is C47H50Cl2SiZr. The van der Waals surface area contributed by atoms with Gasteiger partial charge in [0.1, 0.15) is 0 Å². The van der Waals surface area contributed by atoms with E-state index in [0.29, 0.717) is 7.25 Å². The van der Waals surface area contributed by atoms with Gasteiger partial charge in [-0.3, -0.25) is 0 Å². The number of rotatable bonds is 7. The average Bonchev–Trinajstić information content (AvgIpc) is 3.68. The van der Waals surface area contributed by atoms with E-state index in [1.54, 1.807) is 22.3 Å². The Morgan fingerprint density at radius 1 is 0.529 bits per heavy atom. The number of allylic oxidation sites excluding steroid dienone is 2. The second kappa shape index (κ2) is 14.1. The summed E-state index contributed by atoms with van der Waals surface area (Å²) in [5.41, 5.74) is 17.7. The van der Waals surface area contributed by atoms with Crippen molar-refractivity contribution in [3.63, 3.8) is 0 Å². The minimum absolute atomic E-state index is 0. The van der Waals surface area contributed by atoms with Crippen LogP contribution in [-0.4, -0.2) is 6.88 Å². The first-order valence-corrected chi connectivity index (χ1v) is 30.6. The summed E-state index contributed by atoms with van der Waals surface area (Å²) in [6.07, 6.45) is 6.34. The molecule has 2 unspecified atom stereocenters. The van der Waals surface area contributed by atoms with Crippen LogP contribution in [0, 0.1) is 13.8 Å². The maximum absolute atomic E-state index is 3.82. The summed E-state index contributed by atoms with van der Waals surface area (Å²) < 4.78 is 3.69. The Balaban J connectivity index is 0.00000224. The van der Waals surface area contributed by atoms with E-state index in [1.165, 1.54) is 74.3 Å². The molecule has 0 nitrogen and oxygen atoms in total. The first kappa shape index (κ1) is 37.7. The number of aryl methyl sites for hydroxylation is 2. The number of hydrogen-bond donors (Lipinski definition) is 0. The van der Waals surface area contributed by atoms with Crippen LogP contribution >= 0.6 is 24.8 Å². The van der Waals surface area contributed by atoms with E-state index in [-0.39, 0.29) is 24.8 Å². The van der Waals surface area contributed by atoms with Crippen molar-refractivity contribution in [3.05, 3.63) is 154 Å². The van der Waals surface area contributed by atoms with Gasteiger partial charge in [0, 0.05) is 0 Å². The van der Waals surface area contributed by atoms with E-state index in [4.69, 9.17) is 0 Å². The summed E-state index contributed by atoms with van der Waals surface area (Å²) in [4.78, 5) is 0. The fourth-order valence-corrected chi connectivity index (χ4v) is 34.0. The fraction of sp³-hybridized carbons (Fsp3) is 0.234. The quantitative estimate of drug-likeness (QED) is 0.141. The molecule has 2 aliphatic rings. The van der Waals surface area contributed by atoms with Gasteiger partial charge in [-0.1, -0.05) is 0 Å². The SMILES string of the molecule is CCC1=Cc2c(-c3ccc4ccccc4c3)cc(C)cc2[CH]1[Zr](=[SiH2])([CH2]C)([CH2]C)[CH]1C(C)=Cc2c(-c3ccc4ccccc4c3)cc(C)cc21.Cl.Cl. The predicted octanol–water partition coefficient (Wildman–Crippen LogP) is 13.9. The third-order valence-corrected chi connectivity index (χ3v) is 43.7. The first-order valence-electron chi connectivity index (χ1n) is 18.4. The Labute approximate surface area is 319 Å². The molecule has 0 saturated carbocycles. The van der Waals surface area contributed by atoms with Crippen molar-refractivity contribution in [2.45, 2.75) is 63.5 Å². The van der Waals surface area contributed by atoms with Crippen molar-refractivity contribution in [2.75, 3.05) is 0 Å². The minimum atomic E-state index is -3.82. The predicted molar refractivity (Wildman–Crippen MR) is 230 cm³/mol. The fourth-order valence-electron chi connectivity index (χ4n) is 10.2. The topological polar surface area (TPSA) is 0 Å². The molecule has 8 rings (SSSR count). The van der Waals surface area contributed by atoms with Gasteiger partial charge in [-0.05, 0) is 0 Å². The zero-order valence-corrected chi connectivity index (χ0v) is 36.4. The summed E-state index contributed by atoms with van der Waals surface area (Å²) in [5.74, 6) is 0. The van der Waals surface area contributed by atoms with E-state index >= 15 is 0 Å². The van der Waals surface area contributed by atoms with Gasteiger partial charge in [0.05, 0.1) is 0 Å². The summed E-state index contributed by atoms with van der Waals surface area (Å²) in [6.45, 7) is 17.2. The summed E-state index contributed by atoms with van der Waals surface area (Å²) in [6, 6.07) is 41.7. The van der Waals surface area contributed by atoms with Crippen LogP contribution in [0.2, 0.25) is 8.26 Å². The van der Waals surface area contributed by atoms with Crippen molar-refractivity contribution < 1.29 is 17.4 Å². The van der Waals surface area contributed by atoms with Gasteiger partial charge in [-0.25, -0.2) is 0 Å². The molecule has 6 aromatic rings. The third-order valence-electron chi connectivity index (χ3n) is 12.8. The molecule has 0 saturated heterocycles. The smallest absolute Gasteiger partial charge is 0.147 e. The van der Waals surface area contributed by atoms with Crippen molar-refractivity contribution in [1.82, 2.24) is 0 Å². The largest absolute Gasteiger partial charge is 0.147 e. The molecule has 0 aromatic heterocycles. The third kappa shape index (κ3) is 5.90. The Morgan fingerprint density at radius 3 is 1.45 bits per heavy atom. The van der Waals surface area contributed by atoms with Crippen LogP contribution in [0.5, 0.6) is 0 Å². The van der Waals surface area contributed by atoms with Crippen LogP contribution in [0.25, 0.3) is 56.0 Å². The van der Waals surface area contributed by atoms with Crippen LogP contribution in [0.4, 0.5) is 0 Å². The van der Waals surface area contributed by atoms with E-state index in [9.17, 15) is 0 Å². The molecule has 0 aliphatic heterocycles. The van der Waals surface area contributed by atoms with Crippen LogP contribution in [0.3, 0.4) is 0 Å². The van der Waals surface area contributed by atoms with Gasteiger partial charge in [-0.2, -0.15) is 0 Å². The molecule has 0 heterocycles. The molecule has 260 valence electrons. The molecule has 0 bridgehead atoms. The number of fused-ring (bicyclic) bond motifs is 4. The average molecular weight is 805 g/mol. The van der Waals surface area contributed by atoms with Crippen LogP contribution in [-0.2, 0) is 17.4 Å². The Bertz CT molecular complexity index is 2460. The second-order valence-corrected chi connectivity index (χ2v) is 43.0. The van der Waals surface area contributed by atoms with Crippen LogP contribution in [0.15, 0.2) is 120 Å². The molecule has 2 atom stereocenters. The van der Waals surface area contributed by atoms with E-state index < -0.39 is 17.4 Å². The van der Waals surface area contributed by atoms with Gasteiger partial charge in [-0.15, -0.1) is 24.8 Å². The molecule has 0 fully saturated rings. The number of hydrogen-bond acceptors (Lipinski definition) is 0. The number of halogens is 2. The van der Waals surface area contributed by atoms with Crippen molar-refractivity contribution in [1.29, 1.82) is 0 Å². The monoisotopic (exact) mass is 802 g/mol. The molecule has 0 N–H and O–H groups in total. The second-order valence-electron chi connectivity index (χ2n) is 15.4. The first-order chi connectivity index (χ1) is 23.7. The van der Waals surface area contributed by atoms with Crippen molar-refractivity contribution in [2.24, 2.45) is 0 Å². The molecule has 51 heavy (non-hydrogen) atoms. The molecule has 0 amide bonds. The van der Waals surface area contributed by atoms with Gasteiger partial charge in [0.15, 0.2) is 0 Å². The molecule has 6 aromatic carbocycles. The van der Waals surface area contributed by atoms with Gasteiger partial charge in [0.2, 0.25) is 0 Å². The normalized spacial score (nSPS) is 16.6. The molecule has 0 radical (unpaired) electrons. The number of benzene rings is 6. The maximum atomic E-state index is 2.64. The minimum Gasteiger partial charge on any atom is -0.147 e. The van der Waals surface area contributed by atoms with E-state index in [2.05, 4.69) is 170 Å². The summed E-state index contributed by atoms with van der Waals surface area (Å²) in [5, 5.41) is 5.24. The van der Waals surface area contributed by atoms with Gasteiger partial charge < -0.3 is 0 Å². The summed E-state index contributed by atoms with van der Waals surface area (Å²) >= 11 is -3.82. The Kier molecular flexibility index (Phi) is 10.4. The molecule has 2 aliphatic carbocycles. The molecule has 0 spiro atoms. The zero-order chi connectivity index (χ0) is 34.1. The maximum Gasteiger partial charge on any atom is -0.147 e. The van der Waals surface area contributed by atoms with E-state index in [0.717, 1.165) is 6.42 Å². The Morgan fingerprint density at radius 2 is 0.980 bits per heavy atom. The van der Waals surface area contributed by atoms with Crippen LogP contribution < -0.4 is 0 Å². The van der Waals surface area contributed by atoms with Gasteiger partial charge >= 0.3 is 297 Å². The zero-order valence-electron chi connectivity index (χ0n) is 30.8. The van der Waals surface area contributed by atoms with Crippen molar-refractivity contribution >= 4 is 65.4 Å². The van der Waals surface area contributed by atoms with Crippen LogP contribution in [0.1, 0.15) is 74.7 Å².